The predicted molar refractivity (Wildman–Crippen MR) is 79.3 cm³/mol. The smallest absolute Gasteiger partial charge is 0.270 e. The van der Waals surface area contributed by atoms with Crippen molar-refractivity contribution in [2.45, 2.75) is 0 Å². The number of anilines is 1. The molecule has 1 aromatic carbocycles. The van der Waals surface area contributed by atoms with Crippen LogP contribution in [0.3, 0.4) is 0 Å². The fourth-order valence-corrected chi connectivity index (χ4v) is 3.53. The van der Waals surface area contributed by atoms with Crippen LogP contribution in [0.15, 0.2) is 30.3 Å². The van der Waals surface area contributed by atoms with Crippen molar-refractivity contribution >= 4 is 32.2 Å². The van der Waals surface area contributed by atoms with Gasteiger partial charge in [-0.25, -0.2) is 13.4 Å². The fraction of sp³-hybridized carbons (Fsp3) is 0.308. The molecule has 1 aliphatic heterocycles. The van der Waals surface area contributed by atoms with Crippen molar-refractivity contribution in [3.63, 3.8) is 0 Å². The van der Waals surface area contributed by atoms with Gasteiger partial charge >= 0.3 is 0 Å². The lowest BCUT2D eigenvalue weighted by molar-refractivity contribution is -0.384. The Kier molecular flexibility index (Phi) is 3.25. The third kappa shape index (κ3) is 2.80. The first-order valence-electron chi connectivity index (χ1n) is 6.45. The van der Waals surface area contributed by atoms with Crippen LogP contribution < -0.4 is 4.90 Å². The molecule has 0 N–H and O–H groups in total. The Labute approximate surface area is 121 Å². The van der Waals surface area contributed by atoms with E-state index in [1.165, 1.54) is 12.1 Å². The molecule has 0 aliphatic carbocycles. The first kappa shape index (κ1) is 13.7. The lowest BCUT2D eigenvalue weighted by atomic mass is 10.2. The molecule has 2 heterocycles. The highest BCUT2D eigenvalue weighted by Gasteiger charge is 2.22. The maximum atomic E-state index is 11.4. The summed E-state index contributed by atoms with van der Waals surface area (Å²) in [5.41, 5.74) is 0.688. The summed E-state index contributed by atoms with van der Waals surface area (Å²) in [4.78, 5) is 16.7. The van der Waals surface area contributed by atoms with Crippen LogP contribution >= 0.6 is 0 Å². The number of aromatic nitrogens is 1. The molecule has 1 fully saturated rings. The largest absolute Gasteiger partial charge is 0.355 e. The minimum atomic E-state index is -2.93. The SMILES string of the molecule is O=[N+]([O-])c1ccc2nc(N3CCS(=O)(=O)CC3)ccc2c1. The van der Waals surface area contributed by atoms with Crippen LogP contribution in [-0.4, -0.2) is 42.9 Å². The Balaban J connectivity index is 1.91. The van der Waals surface area contributed by atoms with Crippen LogP contribution in [0.2, 0.25) is 0 Å². The van der Waals surface area contributed by atoms with E-state index in [1.807, 2.05) is 4.90 Å². The van der Waals surface area contributed by atoms with Crippen molar-refractivity contribution in [3.05, 3.63) is 40.4 Å². The van der Waals surface area contributed by atoms with E-state index < -0.39 is 14.8 Å². The van der Waals surface area contributed by atoms with Crippen LogP contribution in [-0.2, 0) is 9.84 Å². The number of benzene rings is 1. The molecule has 0 atom stereocenters. The molecular weight excluding hydrogens is 294 g/mol. The number of nitro groups is 1. The number of hydrogen-bond acceptors (Lipinski definition) is 6. The van der Waals surface area contributed by atoms with Gasteiger partial charge in [-0.05, 0) is 18.2 Å². The number of pyridine rings is 1. The van der Waals surface area contributed by atoms with Crippen LogP contribution in [0.5, 0.6) is 0 Å². The third-order valence-electron chi connectivity index (χ3n) is 3.54. The lowest BCUT2D eigenvalue weighted by Gasteiger charge is -2.27. The molecule has 1 saturated heterocycles. The van der Waals surface area contributed by atoms with Crippen molar-refractivity contribution in [2.75, 3.05) is 29.5 Å². The molecule has 0 spiro atoms. The first-order valence-corrected chi connectivity index (χ1v) is 8.27. The zero-order valence-electron chi connectivity index (χ0n) is 11.1. The first-order chi connectivity index (χ1) is 9.94. The number of non-ortho nitro benzene ring substituents is 1. The molecule has 110 valence electrons. The average Bonchev–Trinajstić information content (AvgIpc) is 2.46. The number of nitro benzene ring substituents is 1. The Hall–Kier alpha value is -2.22. The van der Waals surface area contributed by atoms with Gasteiger partial charge in [-0.2, -0.15) is 0 Å². The second-order valence-electron chi connectivity index (χ2n) is 4.94. The van der Waals surface area contributed by atoms with Crippen molar-refractivity contribution in [2.24, 2.45) is 0 Å². The molecular formula is C13H13N3O4S. The van der Waals surface area contributed by atoms with Crippen molar-refractivity contribution in [3.8, 4) is 0 Å². The van der Waals surface area contributed by atoms with E-state index in [4.69, 9.17) is 0 Å². The van der Waals surface area contributed by atoms with Crippen LogP contribution in [0.1, 0.15) is 0 Å². The Morgan fingerprint density at radius 2 is 1.86 bits per heavy atom. The van der Waals surface area contributed by atoms with Gasteiger partial charge in [-0.1, -0.05) is 0 Å². The molecule has 21 heavy (non-hydrogen) atoms. The molecule has 0 radical (unpaired) electrons. The molecule has 0 saturated carbocycles. The van der Waals surface area contributed by atoms with Gasteiger partial charge in [0, 0.05) is 30.6 Å². The predicted octanol–water partition coefficient (Wildman–Crippen LogP) is 1.38. The standard InChI is InChI=1S/C13H13N3O4S/c17-16(18)11-2-3-12-10(9-11)1-4-13(14-12)15-5-7-21(19,20)8-6-15/h1-4,9H,5-8H2. The molecule has 7 nitrogen and oxygen atoms in total. The maximum absolute atomic E-state index is 11.4. The summed E-state index contributed by atoms with van der Waals surface area (Å²) in [6.07, 6.45) is 0. The minimum absolute atomic E-state index is 0.0288. The molecule has 1 aliphatic rings. The Morgan fingerprint density at radius 1 is 1.14 bits per heavy atom. The van der Waals surface area contributed by atoms with Gasteiger partial charge < -0.3 is 4.90 Å². The van der Waals surface area contributed by atoms with E-state index in [9.17, 15) is 18.5 Å². The summed E-state index contributed by atoms with van der Waals surface area (Å²) in [5, 5.41) is 11.4. The molecule has 0 unspecified atom stereocenters. The molecule has 8 heteroatoms. The highest BCUT2D eigenvalue weighted by Crippen LogP contribution is 2.23. The van der Waals surface area contributed by atoms with Crippen molar-refractivity contribution < 1.29 is 13.3 Å². The molecule has 2 aromatic rings. The average molecular weight is 307 g/mol. The Morgan fingerprint density at radius 3 is 2.52 bits per heavy atom. The quantitative estimate of drug-likeness (QED) is 0.614. The van der Waals surface area contributed by atoms with Crippen LogP contribution in [0.25, 0.3) is 10.9 Å². The van der Waals surface area contributed by atoms with Crippen LogP contribution in [0, 0.1) is 10.1 Å². The minimum Gasteiger partial charge on any atom is -0.355 e. The molecule has 0 bridgehead atoms. The van der Waals surface area contributed by atoms with Gasteiger partial charge in [-0.15, -0.1) is 0 Å². The summed E-state index contributed by atoms with van der Waals surface area (Å²) >= 11 is 0. The highest BCUT2D eigenvalue weighted by atomic mass is 32.2. The third-order valence-corrected chi connectivity index (χ3v) is 5.15. The summed E-state index contributed by atoms with van der Waals surface area (Å²) in [6, 6.07) is 8.04. The monoisotopic (exact) mass is 307 g/mol. The number of nitrogens with zero attached hydrogens (tertiary/aromatic N) is 3. The van der Waals surface area contributed by atoms with E-state index in [2.05, 4.69) is 4.98 Å². The number of fused-ring (bicyclic) bond motifs is 1. The Bertz CT molecular complexity index is 805. The topological polar surface area (TPSA) is 93.4 Å². The van der Waals surface area contributed by atoms with Crippen molar-refractivity contribution in [1.82, 2.24) is 4.98 Å². The lowest BCUT2D eigenvalue weighted by Crippen LogP contribution is -2.40. The van der Waals surface area contributed by atoms with Gasteiger partial charge in [-0.3, -0.25) is 10.1 Å². The van der Waals surface area contributed by atoms with E-state index in [-0.39, 0.29) is 17.2 Å². The van der Waals surface area contributed by atoms with Gasteiger partial charge in [0.15, 0.2) is 9.84 Å². The van der Waals surface area contributed by atoms with Crippen molar-refractivity contribution in [1.29, 1.82) is 0 Å². The van der Waals surface area contributed by atoms with Gasteiger partial charge in [0.25, 0.3) is 5.69 Å². The highest BCUT2D eigenvalue weighted by molar-refractivity contribution is 7.91. The van der Waals surface area contributed by atoms with E-state index in [1.54, 1.807) is 18.2 Å². The number of hydrogen-bond donors (Lipinski definition) is 0. The van der Waals surface area contributed by atoms with E-state index >= 15 is 0 Å². The zero-order valence-corrected chi connectivity index (χ0v) is 11.9. The fourth-order valence-electron chi connectivity index (χ4n) is 2.33. The van der Waals surface area contributed by atoms with E-state index in [0.717, 1.165) is 0 Å². The second kappa shape index (κ2) is 4.96. The normalized spacial score (nSPS) is 17.8. The zero-order chi connectivity index (χ0) is 15.0. The second-order valence-corrected chi connectivity index (χ2v) is 7.25. The number of rotatable bonds is 2. The number of sulfone groups is 1. The van der Waals surface area contributed by atoms with E-state index in [0.29, 0.717) is 29.8 Å². The maximum Gasteiger partial charge on any atom is 0.270 e. The molecule has 1 aromatic heterocycles. The van der Waals surface area contributed by atoms with Gasteiger partial charge in [0.2, 0.25) is 0 Å². The molecule has 0 amide bonds. The van der Waals surface area contributed by atoms with Gasteiger partial charge in [0.1, 0.15) is 5.82 Å². The van der Waals surface area contributed by atoms with Crippen LogP contribution in [0.4, 0.5) is 11.5 Å². The molecule has 3 rings (SSSR count). The summed E-state index contributed by atoms with van der Waals surface area (Å²) < 4.78 is 22.9. The summed E-state index contributed by atoms with van der Waals surface area (Å²) in [6.45, 7) is 0.849. The van der Waals surface area contributed by atoms with Gasteiger partial charge in [0.05, 0.1) is 21.9 Å². The summed E-state index contributed by atoms with van der Waals surface area (Å²) in [7, 11) is -2.93. The summed E-state index contributed by atoms with van der Waals surface area (Å²) in [5.74, 6) is 0.964.